The van der Waals surface area contributed by atoms with Crippen molar-refractivity contribution in [3.8, 4) is 0 Å². The largest absolute Gasteiger partial charge is 0.394 e. The summed E-state index contributed by atoms with van der Waals surface area (Å²) in [6.07, 6.45) is -5.74. The predicted molar refractivity (Wildman–Crippen MR) is 143 cm³/mol. The van der Waals surface area contributed by atoms with Crippen LogP contribution in [-0.2, 0) is 23.1 Å². The van der Waals surface area contributed by atoms with Crippen LogP contribution in [0.3, 0.4) is 0 Å². The Morgan fingerprint density at radius 2 is 2.10 bits per heavy atom. The molecule has 2 saturated heterocycles. The second kappa shape index (κ2) is 10.5. The number of aliphatic hydroxyl groups is 2. The van der Waals surface area contributed by atoms with E-state index in [-0.39, 0.29) is 29.4 Å². The maximum atomic E-state index is 15.3. The summed E-state index contributed by atoms with van der Waals surface area (Å²) in [5.74, 6) is -0.100. The molecule has 0 radical (unpaired) electrons. The van der Waals surface area contributed by atoms with E-state index < -0.39 is 68.1 Å². The molecule has 2 fully saturated rings. The molecule has 1 unspecified atom stereocenters. The number of alkyl halides is 1. The number of anilines is 2. The Labute approximate surface area is 239 Å². The standard InChI is InChI=1S/C20H25FN11O8PS/c1-20(8(34)2-9(39-20)31-6-26-11-14(22)24-5-25-15(11)31)4-37-41(36,42)40-13-10(21)7(3-33)38-18(13)32-16-12(29-30-32)17(35)28-19(23)27-16/h5-10,13,18,33-34H,2-4H2,1H3,(H,36,42)(H2,22,24,25)(H3,23,27,28,35)/t7-,8+,9-,10+,13-,18-,20-,41?/m1/s1. The lowest BCUT2D eigenvalue weighted by molar-refractivity contribution is -0.112. The highest BCUT2D eigenvalue weighted by Crippen LogP contribution is 2.58. The summed E-state index contributed by atoms with van der Waals surface area (Å²) in [6.45, 7) is -4.15. The van der Waals surface area contributed by atoms with Crippen molar-refractivity contribution >= 4 is 53.1 Å². The van der Waals surface area contributed by atoms with Crippen molar-refractivity contribution < 1.29 is 37.7 Å². The Morgan fingerprint density at radius 3 is 2.86 bits per heavy atom. The van der Waals surface area contributed by atoms with E-state index in [0.29, 0.717) is 11.2 Å². The third kappa shape index (κ3) is 4.90. The maximum Gasteiger partial charge on any atom is 0.386 e. The minimum Gasteiger partial charge on any atom is -0.394 e. The molecule has 0 aromatic carbocycles. The van der Waals surface area contributed by atoms with Crippen LogP contribution in [0.4, 0.5) is 16.2 Å². The number of aliphatic hydroxyl groups excluding tert-OH is 2. The lowest BCUT2D eigenvalue weighted by Crippen LogP contribution is -2.40. The molecular weight excluding hydrogens is 604 g/mol. The number of hydrogen-bond donors (Lipinski definition) is 6. The molecule has 42 heavy (non-hydrogen) atoms. The lowest BCUT2D eigenvalue weighted by atomic mass is 10.0. The van der Waals surface area contributed by atoms with Gasteiger partial charge in [0.15, 0.2) is 35.0 Å². The lowest BCUT2D eigenvalue weighted by Gasteiger charge is -2.29. The first-order chi connectivity index (χ1) is 19.9. The second-order valence-electron chi connectivity index (χ2n) is 9.88. The summed E-state index contributed by atoms with van der Waals surface area (Å²) in [5, 5.41) is 28.0. The van der Waals surface area contributed by atoms with Crippen LogP contribution in [0.5, 0.6) is 0 Å². The van der Waals surface area contributed by atoms with Gasteiger partial charge in [-0.1, -0.05) is 17.5 Å². The van der Waals surface area contributed by atoms with Gasteiger partial charge in [0.1, 0.15) is 35.9 Å². The van der Waals surface area contributed by atoms with Crippen molar-refractivity contribution in [3.63, 3.8) is 0 Å². The van der Waals surface area contributed by atoms with E-state index in [1.807, 2.05) is 0 Å². The minimum atomic E-state index is -4.41. The van der Waals surface area contributed by atoms with E-state index in [1.165, 1.54) is 19.6 Å². The number of nitrogens with one attached hydrogen (secondary N) is 1. The molecule has 0 aliphatic carbocycles. The number of halogens is 1. The normalized spacial score (nSPS) is 31.3. The van der Waals surface area contributed by atoms with E-state index in [4.69, 9.17) is 30.0 Å². The van der Waals surface area contributed by atoms with Gasteiger partial charge >= 0.3 is 6.80 Å². The number of H-pyrrole nitrogens is 1. The van der Waals surface area contributed by atoms with Gasteiger partial charge in [0.25, 0.3) is 5.56 Å². The van der Waals surface area contributed by atoms with Crippen LogP contribution in [0.25, 0.3) is 22.3 Å². The van der Waals surface area contributed by atoms with Gasteiger partial charge < -0.3 is 31.2 Å². The Kier molecular flexibility index (Phi) is 7.17. The molecule has 6 rings (SSSR count). The molecule has 2 aliphatic rings. The zero-order valence-corrected chi connectivity index (χ0v) is 23.4. The van der Waals surface area contributed by atoms with Gasteiger partial charge in [0, 0.05) is 6.42 Å². The molecule has 4 aromatic heterocycles. The van der Waals surface area contributed by atoms with Crippen LogP contribution in [0.2, 0.25) is 0 Å². The van der Waals surface area contributed by atoms with Gasteiger partial charge in [-0.3, -0.25) is 23.4 Å². The number of ether oxygens (including phenoxy) is 2. The van der Waals surface area contributed by atoms with Crippen LogP contribution < -0.4 is 17.0 Å². The Balaban J connectivity index is 1.20. The SMILES string of the molecule is C[C@]1(COP(=O)(S)O[C@@H]2[C@@H](F)[C@@H](CO)O[C@H]2n2nnc3c(=O)[nH]c(N)nc32)O[C@@H](n2cnc3c(N)ncnc32)C[C@@H]1O. The van der Waals surface area contributed by atoms with Crippen LogP contribution in [-0.4, -0.2) is 98.0 Å². The average molecular weight is 630 g/mol. The number of fused-ring (bicyclic) bond motifs is 2. The van der Waals surface area contributed by atoms with Crippen molar-refractivity contribution in [1.29, 1.82) is 0 Å². The van der Waals surface area contributed by atoms with Gasteiger partial charge in [0.05, 0.1) is 25.6 Å². The molecule has 2 aliphatic heterocycles. The van der Waals surface area contributed by atoms with Gasteiger partial charge in [-0.25, -0.2) is 23.9 Å². The average Bonchev–Trinajstić information content (AvgIpc) is 3.69. The summed E-state index contributed by atoms with van der Waals surface area (Å²) in [7, 11) is 0. The van der Waals surface area contributed by atoms with E-state index in [9.17, 15) is 19.6 Å². The van der Waals surface area contributed by atoms with Crippen LogP contribution in [0.1, 0.15) is 25.8 Å². The Morgan fingerprint density at radius 1 is 1.31 bits per heavy atom. The molecule has 6 heterocycles. The molecule has 0 amide bonds. The van der Waals surface area contributed by atoms with E-state index >= 15 is 4.39 Å². The van der Waals surface area contributed by atoms with Gasteiger partial charge in [-0.05, 0) is 6.92 Å². The van der Waals surface area contributed by atoms with Crippen LogP contribution in [0, 0.1) is 0 Å². The summed E-state index contributed by atoms with van der Waals surface area (Å²) in [6, 6.07) is 0. The highest BCUT2D eigenvalue weighted by Gasteiger charge is 2.52. The predicted octanol–water partition coefficient (Wildman–Crippen LogP) is -0.775. The number of imidazole rings is 1. The first-order valence-electron chi connectivity index (χ1n) is 12.4. The fourth-order valence-electron chi connectivity index (χ4n) is 4.83. The molecule has 0 bridgehead atoms. The highest BCUT2D eigenvalue weighted by atomic mass is 32.7. The Bertz CT molecular complexity index is 1760. The molecule has 19 nitrogen and oxygen atoms in total. The van der Waals surface area contributed by atoms with E-state index in [0.717, 1.165) is 4.68 Å². The fourth-order valence-corrected chi connectivity index (χ4v) is 6.34. The van der Waals surface area contributed by atoms with Crippen molar-refractivity contribution in [2.24, 2.45) is 0 Å². The number of nitrogen functional groups attached to an aromatic ring is 2. The molecule has 0 spiro atoms. The topological polar surface area (TPSA) is 267 Å². The molecule has 4 aromatic rings. The summed E-state index contributed by atoms with van der Waals surface area (Å²) >= 11 is 3.99. The molecule has 22 heteroatoms. The van der Waals surface area contributed by atoms with E-state index in [1.54, 1.807) is 4.57 Å². The van der Waals surface area contributed by atoms with Crippen molar-refractivity contribution in [2.75, 3.05) is 24.7 Å². The van der Waals surface area contributed by atoms with Gasteiger partial charge in [-0.2, -0.15) is 9.67 Å². The number of aromatic nitrogens is 9. The first kappa shape index (κ1) is 28.8. The number of thiol groups is 1. The molecular formula is C20H25FN11O8PS. The summed E-state index contributed by atoms with van der Waals surface area (Å²) in [4.78, 5) is 30.6. The molecule has 8 atom stereocenters. The van der Waals surface area contributed by atoms with Crippen LogP contribution >= 0.6 is 19.0 Å². The Hall–Kier alpha value is -3.30. The van der Waals surface area contributed by atoms with Gasteiger partial charge in [0.2, 0.25) is 5.95 Å². The monoisotopic (exact) mass is 629 g/mol. The molecule has 0 saturated carbocycles. The van der Waals surface area contributed by atoms with Crippen molar-refractivity contribution in [1.82, 2.24) is 44.5 Å². The minimum absolute atomic E-state index is 0.0882. The van der Waals surface area contributed by atoms with Crippen LogP contribution in [0.15, 0.2) is 17.4 Å². The zero-order chi connectivity index (χ0) is 30.0. The number of rotatable bonds is 8. The maximum absolute atomic E-state index is 15.3. The fraction of sp³-hybridized carbons (Fsp3) is 0.550. The second-order valence-corrected chi connectivity index (χ2v) is 12.8. The number of hydrogen-bond acceptors (Lipinski definition) is 16. The number of nitrogens with zero attached hydrogens (tertiary/aromatic N) is 8. The molecule has 7 N–H and O–H groups in total. The number of nitrogens with two attached hydrogens (primary N) is 2. The quantitative estimate of drug-likeness (QED) is 0.103. The van der Waals surface area contributed by atoms with E-state index in [2.05, 4.69) is 47.5 Å². The third-order valence-electron chi connectivity index (χ3n) is 7.04. The van der Waals surface area contributed by atoms with Gasteiger partial charge in [-0.15, -0.1) is 5.10 Å². The molecule has 226 valence electrons. The third-order valence-corrected chi connectivity index (χ3v) is 8.63. The van der Waals surface area contributed by atoms with Crippen molar-refractivity contribution in [3.05, 3.63) is 23.0 Å². The van der Waals surface area contributed by atoms with Crippen molar-refractivity contribution in [2.45, 2.75) is 55.9 Å². The first-order valence-corrected chi connectivity index (χ1v) is 15.1. The summed E-state index contributed by atoms with van der Waals surface area (Å²) in [5.41, 5.74) is 9.68. The number of aromatic amines is 1. The zero-order valence-electron chi connectivity index (χ0n) is 21.6. The highest BCUT2D eigenvalue weighted by molar-refractivity contribution is 8.44. The smallest absolute Gasteiger partial charge is 0.386 e. The summed E-state index contributed by atoms with van der Waals surface area (Å²) < 4.78 is 53.7.